The highest BCUT2D eigenvalue weighted by Crippen LogP contribution is 2.51. The molecule has 3 aromatic carbocycles. The minimum atomic E-state index is -1.13. The minimum Gasteiger partial charge on any atom is -0.508 e. The van der Waals surface area contributed by atoms with Crippen LogP contribution in [0.5, 0.6) is 5.75 Å². The maximum atomic E-state index is 14.3. The van der Waals surface area contributed by atoms with Crippen LogP contribution in [-0.4, -0.2) is 177 Å². The van der Waals surface area contributed by atoms with Gasteiger partial charge in [0.2, 0.25) is 17.6 Å². The number of carbonyl (C=O) groups is 9. The first-order valence-electron chi connectivity index (χ1n) is 34.8. The number of aromatic hydroxyl groups is 1. The molecule has 4 aliphatic rings. The first-order valence-corrected chi connectivity index (χ1v) is 36.9. The Labute approximate surface area is 595 Å². The number of piperazine rings is 1. The van der Waals surface area contributed by atoms with E-state index in [0.717, 1.165) is 50.7 Å². The Morgan fingerprint density at radius 3 is 2.06 bits per heavy atom. The van der Waals surface area contributed by atoms with Crippen molar-refractivity contribution in [1.29, 1.82) is 0 Å². The number of hydrogen-bond acceptors (Lipinski definition) is 21. The molecule has 100 heavy (non-hydrogen) atoms. The van der Waals surface area contributed by atoms with Crippen LogP contribution in [0.3, 0.4) is 0 Å². The van der Waals surface area contributed by atoms with Crippen LogP contribution >= 0.6 is 23.5 Å². The molecule has 1 fully saturated rings. The van der Waals surface area contributed by atoms with Gasteiger partial charge in [-0.05, 0) is 134 Å². The fourth-order valence-electron chi connectivity index (χ4n) is 13.6. The Kier molecular flexibility index (Phi) is 28.2. The number of esters is 1. The van der Waals surface area contributed by atoms with Gasteiger partial charge in [-0.1, -0.05) is 72.7 Å². The van der Waals surface area contributed by atoms with Crippen LogP contribution < -0.4 is 21.7 Å². The molecule has 7 N–H and O–H groups in total. The number of urea groups is 1. The zero-order valence-corrected chi connectivity index (χ0v) is 61.4. The smallest absolute Gasteiger partial charge is 0.312 e. The van der Waals surface area contributed by atoms with Crippen LogP contribution in [-0.2, 0) is 83.5 Å². The summed E-state index contributed by atoms with van der Waals surface area (Å²) in [5.41, 5.74) is 14.6. The molecule has 25 heteroatoms. The molecule has 0 unspecified atom stereocenters. The molecule has 4 aromatic rings. The molecule has 23 nitrogen and oxygen atoms in total. The van der Waals surface area contributed by atoms with Crippen molar-refractivity contribution in [3.05, 3.63) is 121 Å². The standard InChI is InChI=1S/C75H100N8O15S2/c1-40(2)51(32-50(84)23-26-97-28-27-96-25-14-16-63(85)49-21-22-55-57(31-49)80-59(39-100-42(5)6)58(79-55)38-99-41(3)4)73(92)81-56(15-13-24-77-75(76)94)65(87)30-47-17-19-48(20-18-47)37-98-66(88)29-43(7)72(91)78-36-62-67-54(69(89)46(10)71(95-12)70(67)90)34-60-68-53-35-64(86)45(9)44(8)52(53)33-61(82(68)11)74(93)83(60)62/h17-22,31,35,40-43,51,56,60-62,68,74,86,93H,13-16,23-30,32-34,36-39H2,1-12H3,(H,78,91)(H,81,92)(H3,76,77,94)/t43-,51+,56+,60+,61+,62+,68+,74+/m1/s1. The Morgan fingerprint density at radius 2 is 1.41 bits per heavy atom. The van der Waals surface area contributed by atoms with Crippen molar-refractivity contribution in [2.24, 2.45) is 23.5 Å². The number of aliphatic hydroxyl groups excluding tert-OH is 1. The van der Waals surface area contributed by atoms with Crippen molar-refractivity contribution in [1.82, 2.24) is 35.7 Å². The number of allylic oxidation sites excluding steroid dienone is 2. The average molecular weight is 1420 g/mol. The lowest BCUT2D eigenvalue weighted by atomic mass is 9.70. The van der Waals surface area contributed by atoms with Crippen LogP contribution in [0.2, 0.25) is 0 Å². The maximum Gasteiger partial charge on any atom is 0.312 e. The maximum absolute atomic E-state index is 14.3. The summed E-state index contributed by atoms with van der Waals surface area (Å²) in [6.07, 6.45) is 0.351. The van der Waals surface area contributed by atoms with Gasteiger partial charge >= 0.3 is 12.0 Å². The van der Waals surface area contributed by atoms with Gasteiger partial charge in [0, 0.05) is 97.0 Å². The van der Waals surface area contributed by atoms with Crippen LogP contribution in [0.25, 0.3) is 11.0 Å². The number of ether oxygens (including phenoxy) is 4. The van der Waals surface area contributed by atoms with E-state index in [1.165, 1.54) is 7.11 Å². The number of likely N-dealkylation sites (N-methyl/N-ethyl adjacent to an activating group) is 1. The number of nitrogens with one attached hydrogen (secondary N) is 3. The topological polar surface area (TPSA) is 325 Å². The highest BCUT2D eigenvalue weighted by atomic mass is 32.2. The van der Waals surface area contributed by atoms with E-state index >= 15 is 0 Å². The van der Waals surface area contributed by atoms with Crippen LogP contribution in [0, 0.1) is 31.6 Å². The lowest BCUT2D eigenvalue weighted by Crippen LogP contribution is -2.71. The molecule has 8 rings (SSSR count). The van der Waals surface area contributed by atoms with E-state index in [1.807, 2.05) is 81.4 Å². The van der Waals surface area contributed by atoms with E-state index in [9.17, 15) is 53.4 Å². The lowest BCUT2D eigenvalue weighted by Gasteiger charge is -2.60. The largest absolute Gasteiger partial charge is 0.508 e. The fourth-order valence-corrected chi connectivity index (χ4v) is 15.1. The zero-order valence-electron chi connectivity index (χ0n) is 59.8. The second-order valence-corrected chi connectivity index (χ2v) is 30.7. The Hall–Kier alpha value is -7.39. The number of hydrogen-bond donors (Lipinski definition) is 6. The number of phenols is 1. The number of methoxy groups -OCH3 is 1. The Bertz CT molecular complexity index is 3760. The third-order valence-corrected chi connectivity index (χ3v) is 21.7. The van der Waals surface area contributed by atoms with Gasteiger partial charge in [0.1, 0.15) is 24.4 Å². The van der Waals surface area contributed by atoms with E-state index in [4.69, 9.17) is 34.6 Å². The fraction of sp³-hybridized carbons (Fsp3) is 0.560. The van der Waals surface area contributed by atoms with Crippen LogP contribution in [0.4, 0.5) is 4.79 Å². The predicted octanol–water partition coefficient (Wildman–Crippen LogP) is 8.53. The average Bonchev–Trinajstić information content (AvgIpc) is 0.703. The summed E-state index contributed by atoms with van der Waals surface area (Å²) >= 11 is 3.65. The van der Waals surface area contributed by atoms with Crippen LogP contribution in [0.1, 0.15) is 168 Å². The number of aliphatic hydroxyl groups is 1. The highest BCUT2D eigenvalue weighted by Gasteiger charge is 2.57. The summed E-state index contributed by atoms with van der Waals surface area (Å²) in [5, 5.41) is 32.6. The van der Waals surface area contributed by atoms with Crippen molar-refractivity contribution >= 4 is 87.3 Å². The Balaban J connectivity index is 0.776. The van der Waals surface area contributed by atoms with Gasteiger partial charge in [-0.2, -0.15) is 23.5 Å². The molecule has 542 valence electrons. The molecule has 4 heterocycles. The number of carbonyl (C=O) groups excluding carboxylic acids is 9. The van der Waals surface area contributed by atoms with Gasteiger partial charge < -0.3 is 50.8 Å². The molecule has 3 aliphatic heterocycles. The molecule has 1 saturated heterocycles. The third-order valence-electron chi connectivity index (χ3n) is 19.5. The lowest BCUT2D eigenvalue weighted by molar-refractivity contribution is -0.167. The van der Waals surface area contributed by atoms with E-state index in [1.54, 1.807) is 44.2 Å². The number of rotatable bonds is 37. The number of thioether (sulfide) groups is 2. The van der Waals surface area contributed by atoms with E-state index in [2.05, 4.69) is 48.5 Å². The van der Waals surface area contributed by atoms with Crippen molar-refractivity contribution < 1.29 is 72.3 Å². The van der Waals surface area contributed by atoms with Crippen molar-refractivity contribution in [2.45, 2.75) is 198 Å². The monoisotopic (exact) mass is 1420 g/mol. The van der Waals surface area contributed by atoms with Gasteiger partial charge in [0.25, 0.3) is 0 Å². The Morgan fingerprint density at radius 1 is 0.750 bits per heavy atom. The van der Waals surface area contributed by atoms with Gasteiger partial charge in [-0.3, -0.25) is 48.2 Å². The second kappa shape index (κ2) is 36.0. The van der Waals surface area contributed by atoms with E-state index in [-0.39, 0.29) is 135 Å². The zero-order chi connectivity index (χ0) is 72.8. The van der Waals surface area contributed by atoms with Crippen molar-refractivity contribution in [2.75, 3.05) is 53.7 Å². The summed E-state index contributed by atoms with van der Waals surface area (Å²) < 4.78 is 22.5. The molecule has 0 spiro atoms. The van der Waals surface area contributed by atoms with E-state index in [0.29, 0.717) is 65.0 Å². The van der Waals surface area contributed by atoms with Crippen molar-refractivity contribution in [3.63, 3.8) is 0 Å². The summed E-state index contributed by atoms with van der Waals surface area (Å²) in [5.74, 6) is -3.35. The van der Waals surface area contributed by atoms with Gasteiger partial charge in [-0.15, -0.1) is 0 Å². The number of nitrogens with two attached hydrogens (primary N) is 1. The van der Waals surface area contributed by atoms with Gasteiger partial charge in [0.15, 0.2) is 23.1 Å². The summed E-state index contributed by atoms with van der Waals surface area (Å²) in [7, 11) is 3.23. The number of benzene rings is 3. The molecule has 0 radical (unpaired) electrons. The number of amides is 4. The number of fused-ring (bicyclic) bond motifs is 7. The minimum absolute atomic E-state index is 0.00682. The summed E-state index contributed by atoms with van der Waals surface area (Å²) in [6.45, 7) is 20.0. The normalized spacial score (nSPS) is 19.3. The second-order valence-electron chi connectivity index (χ2n) is 27.6. The van der Waals surface area contributed by atoms with Gasteiger partial charge in [-0.25, -0.2) is 14.8 Å². The predicted molar refractivity (Wildman–Crippen MR) is 383 cm³/mol. The molecule has 1 aliphatic carbocycles. The summed E-state index contributed by atoms with van der Waals surface area (Å²) in [4.78, 5) is 135. The molecule has 0 saturated carbocycles. The number of nitrogens with zero attached hydrogens (tertiary/aromatic N) is 4. The number of Topliss-reactive ketones (excluding diaryl/α,β-unsaturated/α-hetero) is 5. The number of phenolic OH excluding ortho intramolecular Hbond substituents is 1. The quantitative estimate of drug-likeness (QED) is 0.0107. The first kappa shape index (κ1) is 78.3. The van der Waals surface area contributed by atoms with Crippen LogP contribution in [0.15, 0.2) is 71.0 Å². The molecular weight excluding hydrogens is 1320 g/mol. The first-order chi connectivity index (χ1) is 47.6. The summed E-state index contributed by atoms with van der Waals surface area (Å²) in [6, 6.07) is 10.0. The number of primary amides is 1. The van der Waals surface area contributed by atoms with E-state index < -0.39 is 77.9 Å². The highest BCUT2D eigenvalue weighted by molar-refractivity contribution is 7.99. The van der Waals surface area contributed by atoms with Crippen molar-refractivity contribution in [3.8, 4) is 5.75 Å². The molecule has 2 bridgehead atoms. The molecule has 4 amide bonds. The molecular formula is C75H100N8O15S2. The van der Waals surface area contributed by atoms with Gasteiger partial charge in [0.05, 0.1) is 79.9 Å². The number of aromatic nitrogens is 2. The number of ketones is 5. The molecule has 1 aromatic heterocycles. The SMILES string of the molecule is COC1=C(C)C(=O)C2=C(C1=O)[C@H](CNC(=O)[C@H](C)CC(=O)OCc1ccc(CC(=O)[C@H](CCCNC(N)=O)NC(=O)[C@@H](CC(=O)CCOCCOCCCC(=O)c3ccc4nc(CSC(C)C)c(CSC(C)C)nc4c3)C(C)C)cc1)N1[C@@H](O)[C@@H]3Cc4c(cc(O)c(C)c4C)[C@@H]([C@@H]1C2)N3C. The molecule has 8 atom stereocenters. The third kappa shape index (κ3) is 19.6.